The summed E-state index contributed by atoms with van der Waals surface area (Å²) in [6, 6.07) is 16.5. The molecule has 2 N–H and O–H groups in total. The van der Waals surface area contributed by atoms with Crippen LogP contribution in [0.4, 0.5) is 0 Å². The Bertz CT molecular complexity index is 1110. The maximum atomic E-state index is 12.3. The summed E-state index contributed by atoms with van der Waals surface area (Å²) >= 11 is 0. The van der Waals surface area contributed by atoms with Crippen molar-refractivity contribution in [2.24, 2.45) is 0 Å². The second-order valence-corrected chi connectivity index (χ2v) is 6.05. The van der Waals surface area contributed by atoms with Crippen molar-refractivity contribution in [3.05, 3.63) is 76.4 Å². The Morgan fingerprint density at radius 3 is 2.81 bits per heavy atom. The van der Waals surface area contributed by atoms with Gasteiger partial charge in [-0.2, -0.15) is 0 Å². The molecular formula is C20H17N3O3. The van der Waals surface area contributed by atoms with Gasteiger partial charge in [-0.3, -0.25) is 4.79 Å². The number of aromatic nitrogens is 2. The molecule has 0 unspecified atom stereocenters. The minimum atomic E-state index is -0.626. The van der Waals surface area contributed by atoms with E-state index in [1.807, 2.05) is 30.3 Å². The molecule has 0 aliphatic heterocycles. The lowest BCUT2D eigenvalue weighted by Crippen LogP contribution is -2.29. The number of carbonyl (C=O) groups excluding carboxylic acids is 1. The molecule has 0 bridgehead atoms. The zero-order valence-electron chi connectivity index (χ0n) is 14.0. The van der Waals surface area contributed by atoms with Crippen LogP contribution in [0.5, 0.6) is 0 Å². The number of aromatic amines is 1. The summed E-state index contributed by atoms with van der Waals surface area (Å²) in [6.45, 7) is 0.447. The number of hydrogen-bond acceptors (Lipinski definition) is 4. The lowest BCUT2D eigenvalue weighted by atomic mass is 10.2. The van der Waals surface area contributed by atoms with E-state index in [9.17, 15) is 9.59 Å². The van der Waals surface area contributed by atoms with Crippen LogP contribution in [0, 0.1) is 0 Å². The van der Waals surface area contributed by atoms with Crippen LogP contribution in [0.3, 0.4) is 0 Å². The van der Waals surface area contributed by atoms with E-state index in [-0.39, 0.29) is 5.56 Å². The minimum Gasteiger partial charge on any atom is -0.422 e. The average Bonchev–Trinajstić information content (AvgIpc) is 3.07. The molecule has 6 nitrogen and oxygen atoms in total. The van der Waals surface area contributed by atoms with Crippen molar-refractivity contribution in [1.29, 1.82) is 0 Å². The van der Waals surface area contributed by atoms with E-state index in [1.54, 1.807) is 24.3 Å². The number of nitrogens with zero attached hydrogens (tertiary/aromatic N) is 1. The molecular weight excluding hydrogens is 330 g/mol. The zero-order valence-corrected chi connectivity index (χ0v) is 14.0. The monoisotopic (exact) mass is 347 g/mol. The van der Waals surface area contributed by atoms with Gasteiger partial charge in [0.15, 0.2) is 0 Å². The lowest BCUT2D eigenvalue weighted by molar-refractivity contribution is 0.0949. The second-order valence-electron chi connectivity index (χ2n) is 6.05. The maximum Gasteiger partial charge on any atom is 0.349 e. The van der Waals surface area contributed by atoms with Crippen molar-refractivity contribution in [1.82, 2.24) is 15.3 Å². The number of imidazole rings is 1. The predicted molar refractivity (Wildman–Crippen MR) is 99.2 cm³/mol. The molecule has 4 rings (SSSR count). The Balaban J connectivity index is 1.38. The molecule has 0 spiro atoms. The van der Waals surface area contributed by atoms with Crippen LogP contribution in [0.15, 0.2) is 63.8 Å². The van der Waals surface area contributed by atoms with Gasteiger partial charge in [-0.1, -0.05) is 30.3 Å². The second kappa shape index (κ2) is 6.84. The first-order chi connectivity index (χ1) is 12.7. The van der Waals surface area contributed by atoms with Crippen LogP contribution < -0.4 is 10.9 Å². The Morgan fingerprint density at radius 2 is 1.92 bits per heavy atom. The van der Waals surface area contributed by atoms with E-state index in [1.165, 1.54) is 0 Å². The molecule has 2 heterocycles. The van der Waals surface area contributed by atoms with Gasteiger partial charge < -0.3 is 14.7 Å². The number of nitrogens with one attached hydrogen (secondary N) is 2. The third-order valence-electron chi connectivity index (χ3n) is 4.20. The first-order valence-corrected chi connectivity index (χ1v) is 8.45. The highest BCUT2D eigenvalue weighted by Gasteiger charge is 2.13. The minimum absolute atomic E-state index is 0.0208. The Labute approximate surface area is 148 Å². The van der Waals surface area contributed by atoms with Gasteiger partial charge in [0, 0.05) is 18.4 Å². The molecule has 6 heteroatoms. The van der Waals surface area contributed by atoms with Crippen molar-refractivity contribution in [2.75, 3.05) is 6.54 Å². The standard InChI is InChI=1S/C20H17N3O3/c24-19(14-12-13-6-1-4-9-17(13)26-20(14)25)21-11-5-10-18-22-15-7-2-3-8-16(15)23-18/h1-4,6-9,12H,5,10-11H2,(H,21,24)(H,22,23). The van der Waals surface area contributed by atoms with E-state index in [2.05, 4.69) is 15.3 Å². The topological polar surface area (TPSA) is 88.0 Å². The summed E-state index contributed by atoms with van der Waals surface area (Å²) in [5.41, 5.74) is 1.80. The van der Waals surface area contributed by atoms with Gasteiger partial charge >= 0.3 is 5.63 Å². The van der Waals surface area contributed by atoms with E-state index in [0.29, 0.717) is 25.0 Å². The first kappa shape index (κ1) is 16.1. The van der Waals surface area contributed by atoms with E-state index in [4.69, 9.17) is 4.42 Å². The third-order valence-corrected chi connectivity index (χ3v) is 4.20. The Hall–Kier alpha value is -3.41. The van der Waals surface area contributed by atoms with Crippen molar-refractivity contribution in [2.45, 2.75) is 12.8 Å². The van der Waals surface area contributed by atoms with Crippen LogP contribution >= 0.6 is 0 Å². The highest BCUT2D eigenvalue weighted by Crippen LogP contribution is 2.13. The van der Waals surface area contributed by atoms with Crippen molar-refractivity contribution in [3.63, 3.8) is 0 Å². The molecule has 0 saturated carbocycles. The highest BCUT2D eigenvalue weighted by molar-refractivity contribution is 5.96. The summed E-state index contributed by atoms with van der Waals surface area (Å²) in [5, 5.41) is 3.49. The first-order valence-electron chi connectivity index (χ1n) is 8.45. The average molecular weight is 347 g/mol. The van der Waals surface area contributed by atoms with Crippen LogP contribution in [0.2, 0.25) is 0 Å². The number of H-pyrrole nitrogens is 1. The SMILES string of the molecule is O=C(NCCCc1nc2ccccc2[nH]1)c1cc2ccccc2oc1=O. The molecule has 0 fully saturated rings. The number of aryl methyl sites for hydroxylation is 1. The van der Waals surface area contributed by atoms with Gasteiger partial charge in [0.2, 0.25) is 0 Å². The fraction of sp³-hybridized carbons (Fsp3) is 0.150. The van der Waals surface area contributed by atoms with Crippen molar-refractivity contribution < 1.29 is 9.21 Å². The molecule has 0 aliphatic carbocycles. The number of fused-ring (bicyclic) bond motifs is 2. The van der Waals surface area contributed by atoms with Crippen LogP contribution in [-0.4, -0.2) is 22.4 Å². The molecule has 0 saturated heterocycles. The molecule has 130 valence electrons. The molecule has 1 amide bonds. The zero-order chi connectivity index (χ0) is 17.9. The summed E-state index contributed by atoms with van der Waals surface area (Å²) in [5.74, 6) is 0.458. The lowest BCUT2D eigenvalue weighted by Gasteiger charge is -2.04. The predicted octanol–water partition coefficient (Wildman–Crippen LogP) is 3.03. The van der Waals surface area contributed by atoms with Crippen LogP contribution in [-0.2, 0) is 6.42 Å². The molecule has 26 heavy (non-hydrogen) atoms. The molecule has 0 radical (unpaired) electrons. The Kier molecular flexibility index (Phi) is 4.23. The van der Waals surface area contributed by atoms with Gasteiger partial charge in [0.05, 0.1) is 11.0 Å². The number of hydrogen-bond donors (Lipinski definition) is 2. The highest BCUT2D eigenvalue weighted by atomic mass is 16.4. The van der Waals surface area contributed by atoms with E-state index < -0.39 is 11.5 Å². The third kappa shape index (κ3) is 3.21. The van der Waals surface area contributed by atoms with E-state index >= 15 is 0 Å². The number of rotatable bonds is 5. The van der Waals surface area contributed by atoms with Gasteiger partial charge in [-0.15, -0.1) is 0 Å². The quantitative estimate of drug-likeness (QED) is 0.429. The fourth-order valence-corrected chi connectivity index (χ4v) is 2.90. The number of benzene rings is 2. The molecule has 0 atom stereocenters. The molecule has 2 aromatic heterocycles. The van der Waals surface area contributed by atoms with Crippen LogP contribution in [0.1, 0.15) is 22.6 Å². The van der Waals surface area contributed by atoms with Crippen molar-refractivity contribution >= 4 is 27.9 Å². The summed E-state index contributed by atoms with van der Waals surface area (Å²) in [6.07, 6.45) is 1.42. The summed E-state index contributed by atoms with van der Waals surface area (Å²) in [7, 11) is 0. The van der Waals surface area contributed by atoms with Gasteiger partial charge in [-0.25, -0.2) is 9.78 Å². The van der Waals surface area contributed by atoms with Crippen molar-refractivity contribution in [3.8, 4) is 0 Å². The van der Waals surface area contributed by atoms with Crippen LogP contribution in [0.25, 0.3) is 22.0 Å². The summed E-state index contributed by atoms with van der Waals surface area (Å²) in [4.78, 5) is 32.0. The molecule has 2 aromatic carbocycles. The smallest absolute Gasteiger partial charge is 0.349 e. The van der Waals surface area contributed by atoms with Gasteiger partial charge in [0.25, 0.3) is 5.91 Å². The number of amides is 1. The maximum absolute atomic E-state index is 12.3. The van der Waals surface area contributed by atoms with Gasteiger partial charge in [-0.05, 0) is 30.7 Å². The Morgan fingerprint density at radius 1 is 1.12 bits per heavy atom. The normalized spacial score (nSPS) is 11.1. The number of para-hydroxylation sites is 3. The number of carbonyl (C=O) groups is 1. The van der Waals surface area contributed by atoms with Gasteiger partial charge in [0.1, 0.15) is 17.0 Å². The largest absolute Gasteiger partial charge is 0.422 e. The molecule has 4 aromatic rings. The van der Waals surface area contributed by atoms with E-state index in [0.717, 1.165) is 22.2 Å². The molecule has 0 aliphatic rings. The summed E-state index contributed by atoms with van der Waals surface area (Å²) < 4.78 is 5.19. The fourth-order valence-electron chi connectivity index (χ4n) is 2.90.